The number of carboxylic acids is 1. The van der Waals surface area contributed by atoms with Gasteiger partial charge >= 0.3 is 5.97 Å². The smallest absolute Gasteiger partial charge is 0.322 e. The van der Waals surface area contributed by atoms with E-state index in [1.165, 1.54) is 6.20 Å². The van der Waals surface area contributed by atoms with Gasteiger partial charge in [0.15, 0.2) is 11.4 Å². The zero-order chi connectivity index (χ0) is 22.1. The molecular formula is C23H18ClN3O4. The van der Waals surface area contributed by atoms with E-state index in [9.17, 15) is 14.7 Å². The summed E-state index contributed by atoms with van der Waals surface area (Å²) in [4.78, 5) is 27.3. The molecular weight excluding hydrogens is 418 g/mol. The molecule has 0 aliphatic rings. The first-order valence-electron chi connectivity index (χ1n) is 9.42. The Labute approximate surface area is 182 Å². The number of rotatable bonds is 5. The number of hydrogen-bond acceptors (Lipinski definition) is 4. The van der Waals surface area contributed by atoms with Crippen LogP contribution in [0.3, 0.4) is 0 Å². The number of carboxylic acid groups (broad SMARTS) is 1. The number of amides is 1. The second-order valence-electron chi connectivity index (χ2n) is 6.94. The molecule has 31 heavy (non-hydrogen) atoms. The maximum atomic E-state index is 12.4. The summed E-state index contributed by atoms with van der Waals surface area (Å²) in [5.41, 5.74) is 3.67. The largest absolute Gasteiger partial charge is 0.505 e. The molecule has 156 valence electrons. The Morgan fingerprint density at radius 1 is 1.10 bits per heavy atom. The first kappa shape index (κ1) is 20.4. The minimum Gasteiger partial charge on any atom is -0.505 e. The van der Waals surface area contributed by atoms with Crippen molar-refractivity contribution in [1.29, 1.82) is 0 Å². The van der Waals surface area contributed by atoms with Crippen molar-refractivity contribution >= 4 is 34.4 Å². The van der Waals surface area contributed by atoms with Crippen molar-refractivity contribution in [2.45, 2.75) is 6.92 Å². The Kier molecular flexibility index (Phi) is 5.35. The number of aliphatic carboxylic acids is 1. The van der Waals surface area contributed by atoms with Crippen LogP contribution in [0.5, 0.6) is 5.75 Å². The van der Waals surface area contributed by atoms with E-state index in [0.717, 1.165) is 22.5 Å². The van der Waals surface area contributed by atoms with Crippen LogP contribution in [0.4, 0.5) is 0 Å². The summed E-state index contributed by atoms with van der Waals surface area (Å²) in [5, 5.41) is 23.0. The van der Waals surface area contributed by atoms with Crippen molar-refractivity contribution in [2.75, 3.05) is 6.54 Å². The van der Waals surface area contributed by atoms with Gasteiger partial charge in [0.1, 0.15) is 6.54 Å². The highest BCUT2D eigenvalue weighted by atomic mass is 35.5. The van der Waals surface area contributed by atoms with E-state index in [4.69, 9.17) is 16.7 Å². The molecule has 2 heterocycles. The highest BCUT2D eigenvalue weighted by molar-refractivity contribution is 6.30. The number of halogens is 1. The Hall–Kier alpha value is -3.84. The van der Waals surface area contributed by atoms with Gasteiger partial charge in [0.25, 0.3) is 5.91 Å². The molecule has 2 aromatic carbocycles. The van der Waals surface area contributed by atoms with Crippen molar-refractivity contribution < 1.29 is 19.8 Å². The summed E-state index contributed by atoms with van der Waals surface area (Å²) in [5.74, 6) is -2.25. The Balaban J connectivity index is 1.98. The van der Waals surface area contributed by atoms with Gasteiger partial charge in [0, 0.05) is 16.1 Å². The minimum atomic E-state index is -1.19. The molecule has 0 bridgehead atoms. The normalized spacial score (nSPS) is 10.9. The highest BCUT2D eigenvalue weighted by Crippen LogP contribution is 2.40. The molecule has 4 aromatic rings. The Morgan fingerprint density at radius 3 is 2.42 bits per heavy atom. The van der Waals surface area contributed by atoms with E-state index in [1.807, 2.05) is 54.0 Å². The fraction of sp³-hybridized carbons (Fsp3) is 0.0870. The summed E-state index contributed by atoms with van der Waals surface area (Å²) >= 11 is 6.06. The topological polar surface area (TPSA) is 104 Å². The molecule has 0 aliphatic carbocycles. The fourth-order valence-electron chi connectivity index (χ4n) is 3.64. The average molecular weight is 436 g/mol. The van der Waals surface area contributed by atoms with Crippen LogP contribution >= 0.6 is 11.6 Å². The molecule has 0 unspecified atom stereocenters. The van der Waals surface area contributed by atoms with Gasteiger partial charge in [-0.2, -0.15) is 0 Å². The van der Waals surface area contributed by atoms with Gasteiger partial charge in [-0.25, -0.2) is 4.98 Å². The summed E-state index contributed by atoms with van der Waals surface area (Å²) in [7, 11) is 0. The van der Waals surface area contributed by atoms with Gasteiger partial charge in [0.2, 0.25) is 0 Å². The van der Waals surface area contributed by atoms with Crippen LogP contribution in [0, 0.1) is 6.92 Å². The Morgan fingerprint density at radius 2 is 1.77 bits per heavy atom. The fourth-order valence-corrected chi connectivity index (χ4v) is 3.77. The number of carbonyl (C=O) groups is 2. The quantitative estimate of drug-likeness (QED) is 0.436. The first-order valence-corrected chi connectivity index (χ1v) is 9.80. The average Bonchev–Trinajstić information content (AvgIpc) is 3.06. The van der Waals surface area contributed by atoms with Gasteiger partial charge in [-0.15, -0.1) is 0 Å². The van der Waals surface area contributed by atoms with E-state index < -0.39 is 18.4 Å². The highest BCUT2D eigenvalue weighted by Gasteiger charge is 2.24. The molecule has 8 heteroatoms. The number of carbonyl (C=O) groups excluding carboxylic acids is 1. The van der Waals surface area contributed by atoms with Gasteiger partial charge in [0.05, 0.1) is 17.4 Å². The minimum absolute atomic E-state index is 0.232. The molecule has 1 amide bonds. The van der Waals surface area contributed by atoms with Crippen molar-refractivity contribution in [1.82, 2.24) is 14.9 Å². The van der Waals surface area contributed by atoms with E-state index in [1.54, 1.807) is 12.1 Å². The lowest BCUT2D eigenvalue weighted by molar-refractivity contribution is -0.135. The van der Waals surface area contributed by atoms with E-state index in [0.29, 0.717) is 15.9 Å². The summed E-state index contributed by atoms with van der Waals surface area (Å²) in [6, 6.07) is 16.9. The lowest BCUT2D eigenvalue weighted by Gasteiger charge is -2.12. The monoisotopic (exact) mass is 435 g/mol. The lowest BCUT2D eigenvalue weighted by atomic mass is 10.1. The number of para-hydroxylation sites is 1. The molecule has 2 aromatic heterocycles. The van der Waals surface area contributed by atoms with E-state index >= 15 is 0 Å². The summed E-state index contributed by atoms with van der Waals surface area (Å²) < 4.78 is 1.96. The van der Waals surface area contributed by atoms with Crippen LogP contribution in [0.1, 0.15) is 16.1 Å². The second-order valence-corrected chi connectivity index (χ2v) is 7.38. The molecule has 0 spiro atoms. The third-order valence-electron chi connectivity index (χ3n) is 4.98. The molecule has 4 rings (SSSR count). The molecule has 0 atom stereocenters. The number of nitrogens with one attached hydrogen (secondary N) is 1. The van der Waals surface area contributed by atoms with E-state index in [-0.39, 0.29) is 11.4 Å². The third kappa shape index (κ3) is 3.71. The zero-order valence-electron chi connectivity index (χ0n) is 16.5. The molecule has 7 nitrogen and oxygen atoms in total. The van der Waals surface area contributed by atoms with Crippen molar-refractivity contribution in [2.24, 2.45) is 0 Å². The van der Waals surface area contributed by atoms with Crippen LogP contribution in [-0.4, -0.2) is 38.2 Å². The number of fused-ring (bicyclic) bond motifs is 1. The molecule has 3 N–H and O–H groups in total. The molecule has 0 saturated carbocycles. The van der Waals surface area contributed by atoms with Crippen LogP contribution in [-0.2, 0) is 4.79 Å². The maximum absolute atomic E-state index is 12.4. The predicted molar refractivity (Wildman–Crippen MR) is 118 cm³/mol. The van der Waals surface area contributed by atoms with Crippen LogP contribution in [0.15, 0.2) is 60.8 Å². The number of benzene rings is 2. The predicted octanol–water partition coefficient (Wildman–Crippen LogP) is 4.17. The molecule has 0 aliphatic heterocycles. The van der Waals surface area contributed by atoms with Gasteiger partial charge in [-0.1, -0.05) is 41.9 Å². The van der Waals surface area contributed by atoms with Crippen molar-refractivity contribution in [3.63, 3.8) is 0 Å². The number of hydrogen-bond donors (Lipinski definition) is 3. The number of aromatic hydroxyl groups is 1. The number of aromatic nitrogens is 2. The number of nitrogens with zero attached hydrogens (tertiary/aromatic N) is 2. The second kappa shape index (κ2) is 8.12. The van der Waals surface area contributed by atoms with Crippen LogP contribution in [0.25, 0.3) is 27.8 Å². The van der Waals surface area contributed by atoms with Gasteiger partial charge in [-0.3, -0.25) is 9.59 Å². The van der Waals surface area contributed by atoms with Crippen molar-refractivity contribution in [3.05, 3.63) is 77.1 Å². The molecule has 0 fully saturated rings. The Bertz CT molecular complexity index is 1300. The maximum Gasteiger partial charge on any atom is 0.322 e. The summed E-state index contributed by atoms with van der Waals surface area (Å²) in [6.45, 7) is 1.28. The first-order chi connectivity index (χ1) is 14.9. The van der Waals surface area contributed by atoms with Crippen LogP contribution in [0.2, 0.25) is 5.02 Å². The third-order valence-corrected chi connectivity index (χ3v) is 5.23. The SMILES string of the molecule is Cc1c(-c2ccc(Cl)cc2)n(-c2ccccc2)c2cnc(C(=O)NCC(=O)O)c(O)c12. The standard InChI is InChI=1S/C23H18ClN3O4/c1-13-19-17(11-25-20(22(19)30)23(31)26-12-18(28)29)27(16-5-3-2-4-6-16)21(13)14-7-9-15(24)10-8-14/h2-11,30H,12H2,1H3,(H,26,31)(H,28,29). The van der Waals surface area contributed by atoms with Gasteiger partial charge < -0.3 is 20.1 Å². The molecule has 0 radical (unpaired) electrons. The van der Waals surface area contributed by atoms with Gasteiger partial charge in [-0.05, 0) is 42.3 Å². The summed E-state index contributed by atoms with van der Waals surface area (Å²) in [6.07, 6.45) is 1.50. The number of pyridine rings is 1. The zero-order valence-corrected chi connectivity index (χ0v) is 17.2. The molecule has 0 saturated heterocycles. The lowest BCUT2D eigenvalue weighted by Crippen LogP contribution is -2.29. The van der Waals surface area contributed by atoms with Crippen molar-refractivity contribution in [3.8, 4) is 22.7 Å². The van der Waals surface area contributed by atoms with Crippen LogP contribution < -0.4 is 5.32 Å². The van der Waals surface area contributed by atoms with E-state index in [2.05, 4.69) is 10.3 Å². The number of aryl methyl sites for hydroxylation is 1.